The molecule has 9 heteroatoms. The quantitative estimate of drug-likeness (QED) is 0.451. The van der Waals surface area contributed by atoms with Gasteiger partial charge in [-0.2, -0.15) is 5.26 Å². The van der Waals surface area contributed by atoms with Gasteiger partial charge in [0.15, 0.2) is 0 Å². The number of methoxy groups -OCH3 is 1. The Kier molecular flexibility index (Phi) is 6.49. The Morgan fingerprint density at radius 1 is 1.15 bits per heavy atom. The Hall–Kier alpha value is -2.67. The Morgan fingerprint density at radius 3 is 2.67 bits per heavy atom. The van der Waals surface area contributed by atoms with E-state index in [1.54, 1.807) is 7.11 Å². The fraction of sp³-hybridized carbons (Fsp3) is 0.625. The minimum atomic E-state index is 0.121. The van der Waals surface area contributed by atoms with Crippen molar-refractivity contribution in [2.45, 2.75) is 82.2 Å². The van der Waals surface area contributed by atoms with Gasteiger partial charge in [-0.1, -0.05) is 0 Å². The Labute approximate surface area is 195 Å². The summed E-state index contributed by atoms with van der Waals surface area (Å²) >= 11 is 0. The second kappa shape index (κ2) is 9.67. The van der Waals surface area contributed by atoms with Gasteiger partial charge in [0.25, 0.3) is 0 Å². The maximum absolute atomic E-state index is 8.88. The molecule has 0 saturated carbocycles. The molecule has 3 aliphatic heterocycles. The third kappa shape index (κ3) is 4.83. The number of anilines is 2. The smallest absolute Gasteiger partial charge is 0.213 e. The molecule has 176 valence electrons. The summed E-state index contributed by atoms with van der Waals surface area (Å²) in [6.07, 6.45) is 7.44. The summed E-state index contributed by atoms with van der Waals surface area (Å²) in [5, 5.41) is 17.2. The molecule has 5 rings (SSSR count). The number of nitrogens with one attached hydrogen (secondary N) is 4. The number of aromatic nitrogens is 2. The minimum absolute atomic E-state index is 0.121. The van der Waals surface area contributed by atoms with Crippen LogP contribution in [0.25, 0.3) is 10.9 Å². The predicted molar refractivity (Wildman–Crippen MR) is 129 cm³/mol. The highest BCUT2D eigenvalue weighted by Crippen LogP contribution is 2.37. The molecule has 5 heterocycles. The van der Waals surface area contributed by atoms with Gasteiger partial charge in [0.1, 0.15) is 11.6 Å². The molecule has 2 aromatic heterocycles. The number of rotatable bonds is 8. The lowest BCUT2D eigenvalue weighted by Crippen LogP contribution is -2.47. The van der Waals surface area contributed by atoms with E-state index in [2.05, 4.69) is 44.4 Å². The van der Waals surface area contributed by atoms with E-state index in [1.165, 1.54) is 12.8 Å². The van der Waals surface area contributed by atoms with Crippen LogP contribution in [0.15, 0.2) is 18.2 Å². The van der Waals surface area contributed by atoms with E-state index in [0.29, 0.717) is 36.5 Å². The van der Waals surface area contributed by atoms with Crippen LogP contribution in [0.1, 0.15) is 51.9 Å². The Balaban J connectivity index is 1.35. The van der Waals surface area contributed by atoms with Crippen LogP contribution in [-0.4, -0.2) is 58.9 Å². The van der Waals surface area contributed by atoms with E-state index in [0.717, 1.165) is 54.8 Å². The zero-order chi connectivity index (χ0) is 22.8. The van der Waals surface area contributed by atoms with Crippen molar-refractivity contribution in [2.75, 3.05) is 24.3 Å². The normalized spacial score (nSPS) is 29.2. The van der Waals surface area contributed by atoms with Gasteiger partial charge in [0, 0.05) is 48.1 Å². The van der Waals surface area contributed by atoms with Crippen LogP contribution in [0.4, 0.5) is 11.6 Å². The second-order valence-electron chi connectivity index (χ2n) is 9.60. The molecule has 0 spiro atoms. The van der Waals surface area contributed by atoms with Gasteiger partial charge < -0.3 is 15.4 Å². The first-order chi connectivity index (χ1) is 16.1. The van der Waals surface area contributed by atoms with Gasteiger partial charge >= 0.3 is 0 Å². The van der Waals surface area contributed by atoms with Crippen molar-refractivity contribution in [3.8, 4) is 11.9 Å². The second-order valence-corrected chi connectivity index (χ2v) is 9.60. The predicted octanol–water partition coefficient (Wildman–Crippen LogP) is 2.97. The lowest BCUT2D eigenvalue weighted by molar-refractivity contribution is 0.131. The van der Waals surface area contributed by atoms with Gasteiger partial charge in [-0.05, 0) is 58.1 Å². The number of nitriles is 1. The molecule has 3 saturated heterocycles. The lowest BCUT2D eigenvalue weighted by Gasteiger charge is -2.39. The number of hydrogen-bond donors (Lipinski definition) is 4. The summed E-state index contributed by atoms with van der Waals surface area (Å²) in [7, 11) is 1.64. The first kappa shape index (κ1) is 22.1. The van der Waals surface area contributed by atoms with E-state index in [1.807, 2.05) is 18.2 Å². The van der Waals surface area contributed by atoms with Gasteiger partial charge in [0.2, 0.25) is 5.88 Å². The third-order valence-corrected chi connectivity index (χ3v) is 7.21. The molecular weight excluding hydrogens is 416 g/mol. The number of hydrazine groups is 1. The molecular formula is C24H34N8O. The van der Waals surface area contributed by atoms with Crippen molar-refractivity contribution in [1.82, 2.24) is 25.7 Å². The number of fused-ring (bicyclic) bond motifs is 3. The van der Waals surface area contributed by atoms with E-state index < -0.39 is 0 Å². The molecule has 0 amide bonds. The maximum Gasteiger partial charge on any atom is 0.213 e. The van der Waals surface area contributed by atoms with Crippen molar-refractivity contribution in [3.05, 3.63) is 18.2 Å². The van der Waals surface area contributed by atoms with Gasteiger partial charge in [-0.15, -0.1) is 0 Å². The van der Waals surface area contributed by atoms with Crippen LogP contribution in [0.2, 0.25) is 0 Å². The SMILES string of the molecule is COc1ccc2c(NC3C[C@H]4CC[C@@H](C3)N4CCCC#N)nc(NC3CC(C)NN3)cc2n1. The Morgan fingerprint density at radius 2 is 1.97 bits per heavy atom. The van der Waals surface area contributed by atoms with Crippen molar-refractivity contribution < 1.29 is 4.74 Å². The fourth-order valence-corrected chi connectivity index (χ4v) is 5.69. The molecule has 0 radical (unpaired) electrons. The molecule has 3 fully saturated rings. The van der Waals surface area contributed by atoms with Crippen LogP contribution in [0.5, 0.6) is 5.88 Å². The third-order valence-electron chi connectivity index (χ3n) is 7.21. The van der Waals surface area contributed by atoms with E-state index in [4.69, 9.17) is 15.0 Å². The van der Waals surface area contributed by atoms with Gasteiger partial charge in [0.05, 0.1) is 24.9 Å². The summed E-state index contributed by atoms with van der Waals surface area (Å²) in [4.78, 5) is 12.3. The molecule has 3 unspecified atom stereocenters. The first-order valence-corrected chi connectivity index (χ1v) is 12.2. The van der Waals surface area contributed by atoms with Crippen molar-refractivity contribution in [3.63, 3.8) is 0 Å². The summed E-state index contributed by atoms with van der Waals surface area (Å²) in [5.41, 5.74) is 7.40. The first-order valence-electron chi connectivity index (χ1n) is 12.2. The van der Waals surface area contributed by atoms with Crippen LogP contribution < -0.4 is 26.2 Å². The molecule has 0 aliphatic carbocycles. The average Bonchev–Trinajstić information content (AvgIpc) is 3.32. The molecule has 9 nitrogen and oxygen atoms in total. The summed E-state index contributed by atoms with van der Waals surface area (Å²) in [5.74, 6) is 2.28. The number of ether oxygens (including phenoxy) is 1. The maximum atomic E-state index is 8.88. The van der Waals surface area contributed by atoms with Gasteiger partial charge in [-0.3, -0.25) is 10.3 Å². The zero-order valence-corrected chi connectivity index (χ0v) is 19.5. The van der Waals surface area contributed by atoms with Crippen LogP contribution in [0, 0.1) is 11.3 Å². The molecule has 4 N–H and O–H groups in total. The summed E-state index contributed by atoms with van der Waals surface area (Å²) in [6, 6.07) is 10.2. The highest BCUT2D eigenvalue weighted by atomic mass is 16.5. The molecule has 2 aromatic rings. The molecule has 0 aromatic carbocycles. The van der Waals surface area contributed by atoms with E-state index >= 15 is 0 Å². The summed E-state index contributed by atoms with van der Waals surface area (Å²) in [6.45, 7) is 3.20. The molecule has 33 heavy (non-hydrogen) atoms. The molecule has 2 bridgehead atoms. The number of piperidine rings is 1. The highest BCUT2D eigenvalue weighted by Gasteiger charge is 2.40. The van der Waals surface area contributed by atoms with Crippen molar-refractivity contribution in [1.29, 1.82) is 5.26 Å². The fourth-order valence-electron chi connectivity index (χ4n) is 5.69. The van der Waals surface area contributed by atoms with Gasteiger partial charge in [-0.25, -0.2) is 15.4 Å². The molecule has 3 aliphatic rings. The van der Waals surface area contributed by atoms with Crippen LogP contribution in [-0.2, 0) is 0 Å². The number of pyridine rings is 2. The van der Waals surface area contributed by atoms with Crippen LogP contribution in [0.3, 0.4) is 0 Å². The number of hydrogen-bond acceptors (Lipinski definition) is 9. The van der Waals surface area contributed by atoms with Crippen LogP contribution >= 0.6 is 0 Å². The Bertz CT molecular complexity index is 1010. The average molecular weight is 451 g/mol. The standard InChI is InChI=1S/C24H34N8O/c1-15-11-22(31-30-15)28-21-14-20-19(7-8-23(27-20)33-2)24(29-21)26-16-12-17-5-6-18(13-16)32(17)10-4-3-9-25/h7-8,14-18,22,30-31H,3-6,10-13H2,1-2H3,(H2,26,28,29)/t15?,16?,17-,18+,22?. The number of nitrogens with zero attached hydrogens (tertiary/aromatic N) is 4. The zero-order valence-electron chi connectivity index (χ0n) is 19.5. The lowest BCUT2D eigenvalue weighted by atomic mass is 9.96. The molecule has 5 atom stereocenters. The summed E-state index contributed by atoms with van der Waals surface area (Å²) < 4.78 is 5.37. The highest BCUT2D eigenvalue weighted by molar-refractivity contribution is 5.91. The van der Waals surface area contributed by atoms with Crippen molar-refractivity contribution >= 4 is 22.5 Å². The largest absolute Gasteiger partial charge is 0.481 e. The van der Waals surface area contributed by atoms with E-state index in [-0.39, 0.29) is 6.17 Å². The topological polar surface area (TPSA) is 110 Å². The monoisotopic (exact) mass is 450 g/mol. The minimum Gasteiger partial charge on any atom is -0.481 e. The van der Waals surface area contributed by atoms with Crippen molar-refractivity contribution in [2.24, 2.45) is 0 Å². The number of unbranched alkanes of at least 4 members (excludes halogenated alkanes) is 1. The van der Waals surface area contributed by atoms with E-state index in [9.17, 15) is 0 Å².